The molecule has 9 heteroatoms. The van der Waals surface area contributed by atoms with Crippen LogP contribution in [0.4, 0.5) is 13.2 Å². The van der Waals surface area contributed by atoms with Crippen LogP contribution in [0.25, 0.3) is 0 Å². The zero-order valence-corrected chi connectivity index (χ0v) is 18.0. The number of nitrogens with zero attached hydrogens (tertiary/aromatic N) is 1. The van der Waals surface area contributed by atoms with Crippen LogP contribution in [0.5, 0.6) is 0 Å². The average Bonchev–Trinajstić information content (AvgIpc) is 2.70. The summed E-state index contributed by atoms with van der Waals surface area (Å²) in [6.07, 6.45) is -1.20. The highest BCUT2D eigenvalue weighted by molar-refractivity contribution is 5.89. The summed E-state index contributed by atoms with van der Waals surface area (Å²) in [7, 11) is 0. The van der Waals surface area contributed by atoms with Gasteiger partial charge in [-0.25, -0.2) is 9.59 Å². The number of alkyl halides is 3. The molecule has 0 amide bonds. The lowest BCUT2D eigenvalue weighted by molar-refractivity contribution is -0.138. The Morgan fingerprint density at radius 2 is 1.61 bits per heavy atom. The molecule has 1 unspecified atom stereocenters. The van der Waals surface area contributed by atoms with Crippen LogP contribution >= 0.6 is 0 Å². The van der Waals surface area contributed by atoms with E-state index in [9.17, 15) is 22.8 Å². The summed E-state index contributed by atoms with van der Waals surface area (Å²) < 4.78 is 39.8. The third kappa shape index (κ3) is 9.52. The topological polar surface area (TPSA) is 89.9 Å². The molecule has 1 heterocycles. The van der Waals surface area contributed by atoms with E-state index in [0.29, 0.717) is 36.2 Å². The Labute approximate surface area is 180 Å². The fourth-order valence-corrected chi connectivity index (χ4v) is 3.40. The summed E-state index contributed by atoms with van der Waals surface area (Å²) in [6, 6.07) is 6.56. The monoisotopic (exact) mass is 444 g/mol. The van der Waals surface area contributed by atoms with Crippen LogP contribution < -0.4 is 5.32 Å². The van der Waals surface area contributed by atoms with Crippen LogP contribution in [0, 0.1) is 5.92 Å². The predicted octanol–water partition coefficient (Wildman–Crippen LogP) is 4.02. The maximum Gasteiger partial charge on any atom is 0.416 e. The molecule has 1 aromatic rings. The van der Waals surface area contributed by atoms with Crippen molar-refractivity contribution in [3.63, 3.8) is 0 Å². The number of hydrogen-bond acceptors (Lipinski definition) is 4. The third-order valence-corrected chi connectivity index (χ3v) is 5.31. The van der Waals surface area contributed by atoms with E-state index < -0.39 is 23.7 Å². The number of piperidine rings is 1. The molecule has 0 bridgehead atoms. The standard InChI is InChI=1S/C18H27F3N2.C4H4O4/c1-13(2)14(3)23(16-8-10-22-11-9-16)12-15-6-4-5-7-17(15)18(19,20)21;5-3(6)1-2-4(7)8/h4-7,13-14,16,22H,8-12H2,1-3H3;1-2H,(H,5,6)(H,7,8)/b;2-1+. The molecule has 0 aliphatic carbocycles. The number of rotatable bonds is 7. The molecule has 0 spiro atoms. The van der Waals surface area contributed by atoms with Crippen molar-refractivity contribution in [2.24, 2.45) is 5.92 Å². The van der Waals surface area contributed by atoms with Crippen molar-refractivity contribution in [1.29, 1.82) is 0 Å². The minimum Gasteiger partial charge on any atom is -0.478 e. The molecule has 1 aliphatic rings. The van der Waals surface area contributed by atoms with Crippen LogP contribution in [0.15, 0.2) is 36.4 Å². The average molecular weight is 444 g/mol. The van der Waals surface area contributed by atoms with Gasteiger partial charge in [0.2, 0.25) is 0 Å². The summed E-state index contributed by atoms with van der Waals surface area (Å²) in [5.74, 6) is -2.11. The van der Waals surface area contributed by atoms with Crippen LogP contribution in [-0.2, 0) is 22.3 Å². The first kappa shape index (κ1) is 26.6. The number of aliphatic carboxylic acids is 2. The van der Waals surface area contributed by atoms with Crippen molar-refractivity contribution in [1.82, 2.24) is 10.2 Å². The molecule has 1 aromatic carbocycles. The van der Waals surface area contributed by atoms with Crippen LogP contribution in [0.2, 0.25) is 0 Å². The van der Waals surface area contributed by atoms with Gasteiger partial charge in [0.15, 0.2) is 0 Å². The van der Waals surface area contributed by atoms with Gasteiger partial charge in [-0.05, 0) is 50.4 Å². The SMILES string of the molecule is CC(C)C(C)N(Cc1ccccc1C(F)(F)F)C1CCNCC1.O=C(O)/C=C/C(=O)O. The number of nitrogens with one attached hydrogen (secondary N) is 1. The van der Waals surface area contributed by atoms with Gasteiger partial charge in [-0.3, -0.25) is 4.90 Å². The van der Waals surface area contributed by atoms with Gasteiger partial charge in [0, 0.05) is 30.8 Å². The molecule has 1 saturated heterocycles. The molecule has 0 aromatic heterocycles. The first-order valence-corrected chi connectivity index (χ1v) is 10.2. The number of carboxylic acids is 2. The zero-order valence-electron chi connectivity index (χ0n) is 18.0. The second-order valence-electron chi connectivity index (χ2n) is 7.80. The van der Waals surface area contributed by atoms with E-state index >= 15 is 0 Å². The maximum atomic E-state index is 13.3. The highest BCUT2D eigenvalue weighted by atomic mass is 19.4. The maximum absolute atomic E-state index is 13.3. The van der Waals surface area contributed by atoms with Crippen LogP contribution in [-0.4, -0.2) is 52.2 Å². The Morgan fingerprint density at radius 3 is 2.06 bits per heavy atom. The Hall–Kier alpha value is -2.39. The van der Waals surface area contributed by atoms with Crippen LogP contribution in [0.1, 0.15) is 44.7 Å². The molecular weight excluding hydrogens is 413 g/mol. The Bertz CT molecular complexity index is 729. The molecule has 1 aliphatic heterocycles. The Balaban J connectivity index is 0.000000512. The van der Waals surface area contributed by atoms with E-state index in [1.807, 2.05) is 0 Å². The quantitative estimate of drug-likeness (QED) is 0.551. The number of carbonyl (C=O) groups is 2. The second kappa shape index (κ2) is 12.5. The van der Waals surface area contributed by atoms with Crippen molar-refractivity contribution in [3.8, 4) is 0 Å². The Kier molecular flexibility index (Phi) is 10.7. The highest BCUT2D eigenvalue weighted by Crippen LogP contribution is 2.33. The van der Waals surface area contributed by atoms with Gasteiger partial charge in [-0.2, -0.15) is 13.2 Å². The largest absolute Gasteiger partial charge is 0.478 e. The first-order valence-electron chi connectivity index (χ1n) is 10.2. The van der Waals surface area contributed by atoms with Crippen molar-refractivity contribution in [3.05, 3.63) is 47.5 Å². The van der Waals surface area contributed by atoms with Gasteiger partial charge >= 0.3 is 18.1 Å². The molecule has 31 heavy (non-hydrogen) atoms. The fourth-order valence-electron chi connectivity index (χ4n) is 3.40. The smallest absolute Gasteiger partial charge is 0.416 e. The molecule has 1 fully saturated rings. The summed E-state index contributed by atoms with van der Waals surface area (Å²) >= 11 is 0. The normalized spacial score (nSPS) is 16.3. The van der Waals surface area contributed by atoms with Crippen molar-refractivity contribution >= 4 is 11.9 Å². The number of hydrogen-bond donors (Lipinski definition) is 3. The summed E-state index contributed by atoms with van der Waals surface area (Å²) in [6.45, 7) is 8.63. The molecular formula is C22H31F3N2O4. The van der Waals surface area contributed by atoms with E-state index in [2.05, 4.69) is 31.0 Å². The number of benzene rings is 1. The van der Waals surface area contributed by atoms with Gasteiger partial charge in [0.1, 0.15) is 0 Å². The van der Waals surface area contributed by atoms with E-state index in [1.54, 1.807) is 12.1 Å². The molecule has 0 saturated carbocycles. The van der Waals surface area contributed by atoms with Gasteiger partial charge in [0.25, 0.3) is 0 Å². The van der Waals surface area contributed by atoms with Gasteiger partial charge < -0.3 is 15.5 Å². The van der Waals surface area contributed by atoms with Gasteiger partial charge in [-0.15, -0.1) is 0 Å². The van der Waals surface area contributed by atoms with Gasteiger partial charge in [0.05, 0.1) is 5.56 Å². The molecule has 0 radical (unpaired) electrons. The first-order chi connectivity index (χ1) is 14.4. The lowest BCUT2D eigenvalue weighted by Gasteiger charge is -2.41. The molecule has 3 N–H and O–H groups in total. The summed E-state index contributed by atoms with van der Waals surface area (Å²) in [4.78, 5) is 21.4. The summed E-state index contributed by atoms with van der Waals surface area (Å²) in [5, 5.41) is 19.0. The molecule has 2 rings (SSSR count). The van der Waals surface area contributed by atoms with E-state index in [0.717, 1.165) is 25.9 Å². The minimum atomic E-state index is -4.29. The van der Waals surface area contributed by atoms with E-state index in [4.69, 9.17) is 10.2 Å². The molecule has 6 nitrogen and oxygen atoms in total. The Morgan fingerprint density at radius 1 is 1.10 bits per heavy atom. The lowest BCUT2D eigenvalue weighted by atomic mass is 9.96. The van der Waals surface area contributed by atoms with Crippen molar-refractivity contribution in [2.45, 2.75) is 58.4 Å². The number of halogens is 3. The summed E-state index contributed by atoms with van der Waals surface area (Å²) in [5.41, 5.74) is -0.124. The fraction of sp³-hybridized carbons (Fsp3) is 0.545. The van der Waals surface area contributed by atoms with Crippen LogP contribution in [0.3, 0.4) is 0 Å². The zero-order chi connectivity index (χ0) is 23.6. The van der Waals surface area contributed by atoms with Gasteiger partial charge in [-0.1, -0.05) is 32.0 Å². The molecule has 1 atom stereocenters. The van der Waals surface area contributed by atoms with Crippen molar-refractivity contribution < 1.29 is 33.0 Å². The second-order valence-corrected chi connectivity index (χ2v) is 7.80. The number of carboxylic acid groups (broad SMARTS) is 2. The van der Waals surface area contributed by atoms with E-state index in [1.165, 1.54) is 12.1 Å². The highest BCUT2D eigenvalue weighted by Gasteiger charge is 2.35. The van der Waals surface area contributed by atoms with E-state index in [-0.39, 0.29) is 6.04 Å². The predicted molar refractivity (Wildman–Crippen MR) is 112 cm³/mol. The third-order valence-electron chi connectivity index (χ3n) is 5.31. The van der Waals surface area contributed by atoms with Crippen molar-refractivity contribution in [2.75, 3.05) is 13.1 Å². The minimum absolute atomic E-state index is 0.249. The lowest BCUT2D eigenvalue weighted by Crippen LogP contribution is -2.48. The molecule has 174 valence electrons.